The molecule has 1 amide bonds. The average molecular weight is 348 g/mol. The summed E-state index contributed by atoms with van der Waals surface area (Å²) in [5.74, 6) is 0.255. The molecule has 0 aliphatic heterocycles. The molecule has 0 aliphatic rings. The van der Waals surface area contributed by atoms with Crippen LogP contribution in [0, 0.1) is 0 Å². The van der Waals surface area contributed by atoms with Gasteiger partial charge in [0.2, 0.25) is 5.91 Å². The fourth-order valence-corrected chi connectivity index (χ4v) is 2.37. The molecule has 116 valence electrons. The van der Waals surface area contributed by atoms with Gasteiger partial charge in [0.15, 0.2) is 5.82 Å². The van der Waals surface area contributed by atoms with Crippen molar-refractivity contribution in [2.24, 2.45) is 0 Å². The molecule has 0 saturated carbocycles. The normalized spacial score (nSPS) is 10.5. The summed E-state index contributed by atoms with van der Waals surface area (Å²) in [6, 6.07) is 14.1. The van der Waals surface area contributed by atoms with Crippen molar-refractivity contribution in [1.82, 2.24) is 10.1 Å². The SMILES string of the molecule is O=C(Cc1noc(-c2ccccc2Cl)n1)Nc1ccccc1Cl. The molecule has 3 rings (SSSR count). The third-order valence-corrected chi connectivity index (χ3v) is 3.70. The lowest BCUT2D eigenvalue weighted by Gasteiger charge is -2.04. The van der Waals surface area contributed by atoms with Crippen LogP contribution in [0.3, 0.4) is 0 Å². The molecular formula is C16H11Cl2N3O2. The lowest BCUT2D eigenvalue weighted by molar-refractivity contribution is -0.115. The second-order valence-corrected chi connectivity index (χ2v) is 5.51. The monoisotopic (exact) mass is 347 g/mol. The summed E-state index contributed by atoms with van der Waals surface area (Å²) in [5.41, 5.74) is 1.16. The number of nitrogens with zero attached hydrogens (tertiary/aromatic N) is 2. The topological polar surface area (TPSA) is 68.0 Å². The number of carbonyl (C=O) groups is 1. The number of aromatic nitrogens is 2. The van der Waals surface area contributed by atoms with Crippen LogP contribution < -0.4 is 5.32 Å². The molecular weight excluding hydrogens is 337 g/mol. The van der Waals surface area contributed by atoms with E-state index >= 15 is 0 Å². The number of halogens is 2. The van der Waals surface area contributed by atoms with Gasteiger partial charge in [0.25, 0.3) is 5.89 Å². The summed E-state index contributed by atoms with van der Waals surface area (Å²) in [6.07, 6.45) is -0.0286. The molecule has 1 aromatic heterocycles. The van der Waals surface area contributed by atoms with Crippen LogP contribution in [-0.4, -0.2) is 16.0 Å². The summed E-state index contributed by atoms with van der Waals surface area (Å²) in [4.78, 5) is 16.2. The van der Waals surface area contributed by atoms with Gasteiger partial charge in [-0.15, -0.1) is 0 Å². The molecule has 0 bridgehead atoms. The summed E-state index contributed by atoms with van der Waals surface area (Å²) in [6.45, 7) is 0. The van der Waals surface area contributed by atoms with E-state index in [1.807, 2.05) is 6.07 Å². The van der Waals surface area contributed by atoms with Gasteiger partial charge >= 0.3 is 0 Å². The van der Waals surface area contributed by atoms with Crippen molar-refractivity contribution in [3.05, 3.63) is 64.4 Å². The maximum atomic E-state index is 12.0. The van der Waals surface area contributed by atoms with E-state index in [0.717, 1.165) is 0 Å². The standard InChI is InChI=1S/C16H11Cl2N3O2/c17-11-6-2-1-5-10(11)16-20-14(21-23-16)9-15(22)19-13-8-4-3-7-12(13)18/h1-8H,9H2,(H,19,22). The minimum Gasteiger partial charge on any atom is -0.334 e. The Morgan fingerprint density at radius 3 is 2.48 bits per heavy atom. The van der Waals surface area contributed by atoms with Crippen LogP contribution >= 0.6 is 23.2 Å². The van der Waals surface area contributed by atoms with Crippen LogP contribution in [0.5, 0.6) is 0 Å². The fraction of sp³-hybridized carbons (Fsp3) is 0.0625. The summed E-state index contributed by atoms with van der Waals surface area (Å²) >= 11 is 12.1. The summed E-state index contributed by atoms with van der Waals surface area (Å²) in [5, 5.41) is 7.47. The van der Waals surface area contributed by atoms with E-state index in [1.54, 1.807) is 42.5 Å². The molecule has 23 heavy (non-hydrogen) atoms. The van der Waals surface area contributed by atoms with Gasteiger partial charge in [-0.3, -0.25) is 4.79 Å². The van der Waals surface area contributed by atoms with Gasteiger partial charge in [0.05, 0.1) is 27.7 Å². The minimum atomic E-state index is -0.287. The molecule has 0 aliphatic carbocycles. The zero-order valence-corrected chi connectivity index (χ0v) is 13.3. The molecule has 0 spiro atoms. The third-order valence-electron chi connectivity index (χ3n) is 3.04. The lowest BCUT2D eigenvalue weighted by Crippen LogP contribution is -2.15. The van der Waals surface area contributed by atoms with Crippen molar-refractivity contribution in [2.45, 2.75) is 6.42 Å². The number of rotatable bonds is 4. The Hall–Kier alpha value is -2.37. The van der Waals surface area contributed by atoms with Crippen LogP contribution in [0.15, 0.2) is 53.1 Å². The molecule has 3 aromatic rings. The smallest absolute Gasteiger partial charge is 0.259 e. The van der Waals surface area contributed by atoms with E-state index in [1.165, 1.54) is 0 Å². The van der Waals surface area contributed by atoms with Crippen molar-refractivity contribution < 1.29 is 9.32 Å². The van der Waals surface area contributed by atoms with Crippen molar-refractivity contribution in [1.29, 1.82) is 0 Å². The maximum Gasteiger partial charge on any atom is 0.259 e. The molecule has 0 radical (unpaired) electrons. The fourth-order valence-electron chi connectivity index (χ4n) is 1.97. The zero-order valence-electron chi connectivity index (χ0n) is 11.8. The highest BCUT2D eigenvalue weighted by Gasteiger charge is 2.15. The predicted molar refractivity (Wildman–Crippen MR) is 88.5 cm³/mol. The van der Waals surface area contributed by atoms with E-state index < -0.39 is 0 Å². The Kier molecular flexibility index (Phi) is 4.60. The molecule has 1 heterocycles. The van der Waals surface area contributed by atoms with Crippen LogP contribution in [0.25, 0.3) is 11.5 Å². The largest absolute Gasteiger partial charge is 0.334 e. The Balaban J connectivity index is 1.71. The first-order valence-electron chi connectivity index (χ1n) is 6.75. The molecule has 0 fully saturated rings. The van der Waals surface area contributed by atoms with E-state index in [4.69, 9.17) is 27.7 Å². The number of carbonyl (C=O) groups excluding carboxylic acids is 1. The quantitative estimate of drug-likeness (QED) is 0.766. The third kappa shape index (κ3) is 3.70. The molecule has 1 N–H and O–H groups in total. The molecule has 7 heteroatoms. The van der Waals surface area contributed by atoms with E-state index in [0.29, 0.717) is 21.3 Å². The van der Waals surface area contributed by atoms with Gasteiger partial charge in [-0.2, -0.15) is 4.98 Å². The van der Waals surface area contributed by atoms with Gasteiger partial charge in [-0.25, -0.2) is 0 Å². The average Bonchev–Trinajstić information content (AvgIpc) is 2.98. The zero-order chi connectivity index (χ0) is 16.2. The van der Waals surface area contributed by atoms with Gasteiger partial charge in [-0.1, -0.05) is 52.6 Å². The Morgan fingerprint density at radius 1 is 1.04 bits per heavy atom. The van der Waals surface area contributed by atoms with Crippen LogP contribution in [0.2, 0.25) is 10.0 Å². The van der Waals surface area contributed by atoms with Crippen LogP contribution in [-0.2, 0) is 11.2 Å². The summed E-state index contributed by atoms with van der Waals surface area (Å²) < 4.78 is 5.15. The number of nitrogens with one attached hydrogen (secondary N) is 1. The number of hydrogen-bond acceptors (Lipinski definition) is 4. The molecule has 2 aromatic carbocycles. The summed E-state index contributed by atoms with van der Waals surface area (Å²) in [7, 11) is 0. The van der Waals surface area contributed by atoms with Crippen molar-refractivity contribution in [2.75, 3.05) is 5.32 Å². The highest BCUT2D eigenvalue weighted by atomic mass is 35.5. The Labute approximate surface area is 142 Å². The highest BCUT2D eigenvalue weighted by molar-refractivity contribution is 6.33. The first kappa shape index (κ1) is 15.5. The molecule has 0 unspecified atom stereocenters. The van der Waals surface area contributed by atoms with E-state index in [2.05, 4.69) is 15.5 Å². The Bertz CT molecular complexity index is 849. The Morgan fingerprint density at radius 2 is 1.74 bits per heavy atom. The molecule has 5 nitrogen and oxygen atoms in total. The first-order valence-corrected chi connectivity index (χ1v) is 7.51. The van der Waals surface area contributed by atoms with Crippen molar-refractivity contribution >= 4 is 34.8 Å². The maximum absolute atomic E-state index is 12.0. The van der Waals surface area contributed by atoms with Crippen LogP contribution in [0.4, 0.5) is 5.69 Å². The van der Waals surface area contributed by atoms with Gasteiger partial charge in [0, 0.05) is 0 Å². The number of amides is 1. The second-order valence-electron chi connectivity index (χ2n) is 4.70. The van der Waals surface area contributed by atoms with Crippen molar-refractivity contribution in [3.63, 3.8) is 0 Å². The van der Waals surface area contributed by atoms with Gasteiger partial charge < -0.3 is 9.84 Å². The highest BCUT2D eigenvalue weighted by Crippen LogP contribution is 2.26. The second kappa shape index (κ2) is 6.81. The molecule has 0 atom stereocenters. The molecule has 0 saturated heterocycles. The number of benzene rings is 2. The first-order chi connectivity index (χ1) is 11.1. The number of anilines is 1. The number of para-hydroxylation sites is 1. The minimum absolute atomic E-state index is 0.0286. The predicted octanol–water partition coefficient (Wildman–Crippen LogP) is 4.22. The van der Waals surface area contributed by atoms with E-state index in [-0.39, 0.29) is 24.0 Å². The van der Waals surface area contributed by atoms with Gasteiger partial charge in [-0.05, 0) is 24.3 Å². The van der Waals surface area contributed by atoms with Crippen LogP contribution in [0.1, 0.15) is 5.82 Å². The van der Waals surface area contributed by atoms with Crippen molar-refractivity contribution in [3.8, 4) is 11.5 Å². The number of hydrogen-bond donors (Lipinski definition) is 1. The lowest BCUT2D eigenvalue weighted by atomic mass is 10.2. The van der Waals surface area contributed by atoms with Gasteiger partial charge in [0.1, 0.15) is 0 Å². The van der Waals surface area contributed by atoms with E-state index in [9.17, 15) is 4.79 Å².